The number of anilines is 1. The number of nitrogens with one attached hydrogen (secondary N) is 1. The smallest absolute Gasteiger partial charge is 0.177 e. The molecule has 0 spiro atoms. The van der Waals surface area contributed by atoms with Crippen LogP contribution in [0.5, 0.6) is 0 Å². The zero-order valence-electron chi connectivity index (χ0n) is 16.3. The molecule has 0 bridgehead atoms. The van der Waals surface area contributed by atoms with Crippen LogP contribution in [0.25, 0.3) is 43.5 Å². The maximum atomic E-state index is 6.22. The normalized spacial score (nSPS) is 15.3. The van der Waals surface area contributed by atoms with Gasteiger partial charge in [0.25, 0.3) is 0 Å². The van der Waals surface area contributed by atoms with Crippen LogP contribution in [0, 0.1) is 0 Å². The molecule has 6 rings (SSSR count). The Hall–Kier alpha value is -3.16. The minimum atomic E-state index is 0.408. The largest absolute Gasteiger partial charge is 0.452 e. The third kappa shape index (κ3) is 2.81. The van der Waals surface area contributed by atoms with Gasteiger partial charge in [-0.2, -0.15) is 5.10 Å². The van der Waals surface area contributed by atoms with Crippen molar-refractivity contribution in [1.82, 2.24) is 20.1 Å². The molecule has 5 heterocycles. The lowest BCUT2D eigenvalue weighted by Gasteiger charge is -2.22. The number of nitrogens with two attached hydrogens (primary N) is 1. The van der Waals surface area contributed by atoms with E-state index in [-0.39, 0.29) is 0 Å². The van der Waals surface area contributed by atoms with E-state index in [1.54, 1.807) is 11.3 Å². The molecule has 1 aromatic carbocycles. The standard InChI is InChI=1S/C23H21N5OS/c24-23-22-17(9-20(29-22)19-13-30-21-4-2-1-3-16(19)21)18(11-26-23)14-10-27-28(12-14)15-5-7-25-8-6-15/h1-4,9-13,15,25H,5-8H2,(H2,24,26). The first-order valence-electron chi connectivity index (χ1n) is 10.2. The molecule has 0 aliphatic carbocycles. The topological polar surface area (TPSA) is 81.9 Å². The molecule has 1 aliphatic rings. The molecular weight excluding hydrogens is 394 g/mol. The maximum absolute atomic E-state index is 6.22. The molecule has 4 aromatic heterocycles. The number of fused-ring (bicyclic) bond motifs is 2. The zero-order chi connectivity index (χ0) is 20.1. The highest BCUT2D eigenvalue weighted by molar-refractivity contribution is 7.17. The lowest BCUT2D eigenvalue weighted by molar-refractivity contribution is 0.343. The van der Waals surface area contributed by atoms with Crippen molar-refractivity contribution in [1.29, 1.82) is 0 Å². The van der Waals surface area contributed by atoms with Gasteiger partial charge in [0.15, 0.2) is 11.4 Å². The molecule has 7 heteroatoms. The molecule has 0 unspecified atom stereocenters. The summed E-state index contributed by atoms with van der Waals surface area (Å²) in [6.07, 6.45) is 8.05. The fourth-order valence-corrected chi connectivity index (χ4v) is 5.27. The Bertz CT molecular complexity index is 1360. The van der Waals surface area contributed by atoms with Gasteiger partial charge in [-0.1, -0.05) is 18.2 Å². The third-order valence-electron chi connectivity index (χ3n) is 5.93. The van der Waals surface area contributed by atoms with Gasteiger partial charge in [0.05, 0.1) is 12.2 Å². The second kappa shape index (κ2) is 6.97. The van der Waals surface area contributed by atoms with Crippen molar-refractivity contribution >= 4 is 38.2 Å². The van der Waals surface area contributed by atoms with E-state index in [1.165, 1.54) is 10.1 Å². The Morgan fingerprint density at radius 1 is 1.10 bits per heavy atom. The number of nitrogen functional groups attached to an aromatic ring is 1. The number of aromatic nitrogens is 3. The Labute approximate surface area is 177 Å². The van der Waals surface area contributed by atoms with Crippen LogP contribution < -0.4 is 11.1 Å². The van der Waals surface area contributed by atoms with Crippen molar-refractivity contribution in [2.75, 3.05) is 18.8 Å². The van der Waals surface area contributed by atoms with E-state index >= 15 is 0 Å². The summed E-state index contributed by atoms with van der Waals surface area (Å²) in [5.41, 5.74) is 9.92. The highest BCUT2D eigenvalue weighted by Crippen LogP contribution is 2.40. The van der Waals surface area contributed by atoms with Crippen LogP contribution >= 0.6 is 11.3 Å². The van der Waals surface area contributed by atoms with Gasteiger partial charge in [0.2, 0.25) is 0 Å². The summed E-state index contributed by atoms with van der Waals surface area (Å²) in [5, 5.41) is 12.3. The number of hydrogen-bond donors (Lipinski definition) is 2. The Morgan fingerprint density at radius 2 is 1.97 bits per heavy atom. The minimum Gasteiger partial charge on any atom is -0.452 e. The van der Waals surface area contributed by atoms with Crippen molar-refractivity contribution in [2.24, 2.45) is 0 Å². The van der Waals surface area contributed by atoms with Gasteiger partial charge in [-0.3, -0.25) is 4.68 Å². The van der Waals surface area contributed by atoms with Crippen molar-refractivity contribution in [3.63, 3.8) is 0 Å². The number of thiophene rings is 1. The van der Waals surface area contributed by atoms with E-state index in [2.05, 4.69) is 62.0 Å². The van der Waals surface area contributed by atoms with E-state index in [4.69, 9.17) is 10.2 Å². The van der Waals surface area contributed by atoms with Crippen LogP contribution in [0.2, 0.25) is 0 Å². The maximum Gasteiger partial charge on any atom is 0.177 e. The summed E-state index contributed by atoms with van der Waals surface area (Å²) in [6, 6.07) is 10.9. The molecule has 1 aliphatic heterocycles. The molecule has 5 aromatic rings. The van der Waals surface area contributed by atoms with Gasteiger partial charge in [0.1, 0.15) is 5.76 Å². The Kier molecular flexibility index (Phi) is 4.11. The van der Waals surface area contributed by atoms with Crippen LogP contribution in [0.1, 0.15) is 18.9 Å². The monoisotopic (exact) mass is 415 g/mol. The van der Waals surface area contributed by atoms with E-state index in [9.17, 15) is 0 Å². The van der Waals surface area contributed by atoms with Gasteiger partial charge in [0, 0.05) is 49.9 Å². The average Bonchev–Trinajstić information content (AvgIpc) is 3.52. The number of nitrogens with zero attached hydrogens (tertiary/aromatic N) is 3. The van der Waals surface area contributed by atoms with Crippen LogP contribution in [-0.2, 0) is 0 Å². The number of furan rings is 1. The molecular formula is C23H21N5OS. The average molecular weight is 416 g/mol. The third-order valence-corrected chi connectivity index (χ3v) is 6.89. The van der Waals surface area contributed by atoms with E-state index in [1.807, 2.05) is 12.4 Å². The second-order valence-corrected chi connectivity index (χ2v) is 8.66. The molecule has 0 saturated carbocycles. The molecule has 0 radical (unpaired) electrons. The van der Waals surface area contributed by atoms with Crippen molar-refractivity contribution in [3.8, 4) is 22.5 Å². The van der Waals surface area contributed by atoms with Gasteiger partial charge >= 0.3 is 0 Å². The lowest BCUT2D eigenvalue weighted by Crippen LogP contribution is -2.29. The number of benzene rings is 1. The predicted molar refractivity (Wildman–Crippen MR) is 122 cm³/mol. The van der Waals surface area contributed by atoms with Crippen LogP contribution in [0.3, 0.4) is 0 Å². The van der Waals surface area contributed by atoms with E-state index in [0.717, 1.165) is 53.8 Å². The zero-order valence-corrected chi connectivity index (χ0v) is 17.2. The lowest BCUT2D eigenvalue weighted by atomic mass is 10.1. The van der Waals surface area contributed by atoms with Crippen molar-refractivity contribution in [2.45, 2.75) is 18.9 Å². The van der Waals surface area contributed by atoms with E-state index in [0.29, 0.717) is 17.4 Å². The summed E-state index contributed by atoms with van der Waals surface area (Å²) in [6.45, 7) is 2.07. The number of rotatable bonds is 3. The van der Waals surface area contributed by atoms with E-state index < -0.39 is 0 Å². The predicted octanol–water partition coefficient (Wildman–Crippen LogP) is 5.08. The first-order chi connectivity index (χ1) is 14.8. The van der Waals surface area contributed by atoms with Gasteiger partial charge in [-0.05, 0) is 38.1 Å². The Morgan fingerprint density at radius 3 is 2.87 bits per heavy atom. The molecule has 0 atom stereocenters. The summed E-state index contributed by atoms with van der Waals surface area (Å²) in [5.74, 6) is 1.22. The number of piperidine rings is 1. The highest BCUT2D eigenvalue weighted by Gasteiger charge is 2.20. The summed E-state index contributed by atoms with van der Waals surface area (Å²) in [7, 11) is 0. The van der Waals surface area contributed by atoms with Crippen LogP contribution in [0.15, 0.2) is 58.7 Å². The quantitative estimate of drug-likeness (QED) is 0.429. The van der Waals surface area contributed by atoms with Crippen molar-refractivity contribution in [3.05, 3.63) is 54.3 Å². The van der Waals surface area contributed by atoms with Gasteiger partial charge < -0.3 is 15.5 Å². The number of pyridine rings is 1. The number of hydrogen-bond acceptors (Lipinski definition) is 6. The van der Waals surface area contributed by atoms with Crippen LogP contribution in [0.4, 0.5) is 5.82 Å². The molecule has 30 heavy (non-hydrogen) atoms. The fraction of sp³-hybridized carbons (Fsp3) is 0.217. The highest BCUT2D eigenvalue weighted by atomic mass is 32.1. The first kappa shape index (κ1) is 17.7. The molecule has 1 saturated heterocycles. The van der Waals surface area contributed by atoms with Gasteiger partial charge in [-0.25, -0.2) is 4.98 Å². The SMILES string of the molecule is Nc1ncc(-c2cnn(C3CCNCC3)c2)c2cc(-c3csc4ccccc34)oc12. The molecule has 0 amide bonds. The van der Waals surface area contributed by atoms with Gasteiger partial charge in [-0.15, -0.1) is 11.3 Å². The summed E-state index contributed by atoms with van der Waals surface area (Å²) < 4.78 is 9.55. The second-order valence-electron chi connectivity index (χ2n) is 7.75. The van der Waals surface area contributed by atoms with Crippen LogP contribution in [-0.4, -0.2) is 27.9 Å². The molecule has 6 nitrogen and oxygen atoms in total. The molecule has 1 fully saturated rings. The summed E-state index contributed by atoms with van der Waals surface area (Å²) in [4.78, 5) is 4.40. The minimum absolute atomic E-state index is 0.408. The molecule has 150 valence electrons. The fourth-order valence-electron chi connectivity index (χ4n) is 4.32. The Balaban J connectivity index is 1.46. The summed E-state index contributed by atoms with van der Waals surface area (Å²) >= 11 is 1.72. The van der Waals surface area contributed by atoms with Crippen molar-refractivity contribution < 1.29 is 4.42 Å². The first-order valence-corrected chi connectivity index (χ1v) is 11.1. The molecule has 3 N–H and O–H groups in total.